The van der Waals surface area contributed by atoms with Crippen molar-refractivity contribution in [3.05, 3.63) is 82.9 Å². The van der Waals surface area contributed by atoms with E-state index in [9.17, 15) is 0 Å². The molecule has 0 heterocycles. The molecule has 2 aliphatic rings. The molecule has 0 saturated carbocycles. The molecule has 0 nitrogen and oxygen atoms in total. The highest BCUT2D eigenvalue weighted by molar-refractivity contribution is 5.86. The average Bonchev–Trinajstić information content (AvgIpc) is 2.94. The normalized spacial score (nSPS) is 24.5. The van der Waals surface area contributed by atoms with E-state index < -0.39 is 0 Å². The molecule has 116 valence electrons. The second-order valence-electron chi connectivity index (χ2n) is 7.75. The van der Waals surface area contributed by atoms with Crippen molar-refractivity contribution in [1.82, 2.24) is 0 Å². The van der Waals surface area contributed by atoms with Crippen LogP contribution >= 0.6 is 0 Å². The van der Waals surface area contributed by atoms with Crippen molar-refractivity contribution in [3.8, 4) is 0 Å². The van der Waals surface area contributed by atoms with E-state index in [2.05, 4.69) is 88.4 Å². The topological polar surface area (TPSA) is 0 Å². The molecule has 0 N–H and O–H groups in total. The van der Waals surface area contributed by atoms with E-state index in [0.717, 1.165) is 0 Å². The zero-order valence-electron chi connectivity index (χ0n) is 14.4. The lowest BCUT2D eigenvalue weighted by molar-refractivity contribution is 0.306. The summed E-state index contributed by atoms with van der Waals surface area (Å²) in [6, 6.07) is 18.0. The molecule has 4 rings (SSSR count). The van der Waals surface area contributed by atoms with Gasteiger partial charge in [0, 0.05) is 11.8 Å². The van der Waals surface area contributed by atoms with Gasteiger partial charge in [-0.15, -0.1) is 0 Å². The van der Waals surface area contributed by atoms with Gasteiger partial charge in [-0.1, -0.05) is 85.7 Å². The van der Waals surface area contributed by atoms with Crippen LogP contribution in [-0.2, 0) is 0 Å². The number of benzene rings is 2. The highest BCUT2D eigenvalue weighted by Crippen LogP contribution is 2.60. The number of hydrogen-bond acceptors (Lipinski definition) is 0. The Bertz CT molecular complexity index is 729. The molecule has 0 aromatic heterocycles. The van der Waals surface area contributed by atoms with Crippen molar-refractivity contribution in [2.75, 3.05) is 0 Å². The fourth-order valence-electron chi connectivity index (χ4n) is 4.21. The molecule has 0 heteroatoms. The van der Waals surface area contributed by atoms with Crippen molar-refractivity contribution in [2.24, 2.45) is 17.3 Å². The van der Waals surface area contributed by atoms with E-state index in [0.29, 0.717) is 11.8 Å². The number of allylic oxidation sites excluding steroid dienone is 4. The van der Waals surface area contributed by atoms with Crippen LogP contribution < -0.4 is 0 Å². The zero-order valence-corrected chi connectivity index (χ0v) is 14.4. The van der Waals surface area contributed by atoms with Crippen molar-refractivity contribution in [3.63, 3.8) is 0 Å². The van der Waals surface area contributed by atoms with Crippen LogP contribution in [0, 0.1) is 31.1 Å². The van der Waals surface area contributed by atoms with E-state index in [1.807, 2.05) is 0 Å². The summed E-state index contributed by atoms with van der Waals surface area (Å²) in [5.41, 5.74) is 8.72. The summed E-state index contributed by atoms with van der Waals surface area (Å²) in [6.07, 6.45) is 5.04. The molecule has 2 bridgehead atoms. The predicted octanol–water partition coefficient (Wildman–Crippen LogP) is 6.06. The maximum atomic E-state index is 2.52. The smallest absolute Gasteiger partial charge is 0.00872 e. The van der Waals surface area contributed by atoms with Gasteiger partial charge in [0.15, 0.2) is 0 Å². The Kier molecular flexibility index (Phi) is 3.13. The van der Waals surface area contributed by atoms with Gasteiger partial charge in [0.2, 0.25) is 0 Å². The first-order valence-corrected chi connectivity index (χ1v) is 8.54. The SMILES string of the molecule is Cc1ccc(C2=C[C@@H]3C(c4ccc(C)cc4)=C[C@H]2C3(C)C)cc1. The summed E-state index contributed by atoms with van der Waals surface area (Å²) in [6.45, 7) is 9.13. The molecule has 0 radical (unpaired) electrons. The minimum absolute atomic E-state index is 0.278. The third-order valence-corrected chi connectivity index (χ3v) is 5.74. The first kappa shape index (κ1) is 14.5. The Morgan fingerprint density at radius 3 is 1.26 bits per heavy atom. The molecule has 2 aromatic carbocycles. The van der Waals surface area contributed by atoms with Gasteiger partial charge < -0.3 is 0 Å². The van der Waals surface area contributed by atoms with Crippen LogP contribution in [0.25, 0.3) is 11.1 Å². The van der Waals surface area contributed by atoms with E-state index in [1.54, 1.807) is 0 Å². The predicted molar refractivity (Wildman–Crippen MR) is 99.1 cm³/mol. The van der Waals surface area contributed by atoms with E-state index in [4.69, 9.17) is 0 Å². The summed E-state index contributed by atoms with van der Waals surface area (Å²) in [5, 5.41) is 0. The van der Waals surface area contributed by atoms with Crippen LogP contribution in [0.3, 0.4) is 0 Å². The Balaban J connectivity index is 1.72. The largest absolute Gasteiger partial charge is 0.0720 e. The van der Waals surface area contributed by atoms with Crippen LogP contribution in [0.5, 0.6) is 0 Å². The monoisotopic (exact) mass is 300 g/mol. The van der Waals surface area contributed by atoms with Gasteiger partial charge in [0.05, 0.1) is 0 Å². The maximum Gasteiger partial charge on any atom is 0.00872 e. The van der Waals surface area contributed by atoms with E-state index in [-0.39, 0.29) is 5.41 Å². The standard InChI is InChI=1S/C23H24/c1-15-5-9-17(10-6-15)19-13-22-20(14-21(19)23(22,3)4)18-11-7-16(2)8-12-18/h5-14,21-22H,1-4H3/t21-,22-/m1/s1. The average molecular weight is 300 g/mol. The highest BCUT2D eigenvalue weighted by Gasteiger charge is 2.49. The Labute approximate surface area is 139 Å². The van der Waals surface area contributed by atoms with Gasteiger partial charge >= 0.3 is 0 Å². The van der Waals surface area contributed by atoms with Gasteiger partial charge in [-0.25, -0.2) is 0 Å². The Hall–Kier alpha value is -2.08. The lowest BCUT2D eigenvalue weighted by atomic mass is 9.76. The summed E-state index contributed by atoms with van der Waals surface area (Å²) in [4.78, 5) is 0. The molecule has 0 saturated heterocycles. The number of fused-ring (bicyclic) bond motifs is 2. The molecule has 23 heavy (non-hydrogen) atoms. The van der Waals surface area contributed by atoms with Crippen LogP contribution in [0.1, 0.15) is 36.1 Å². The fourth-order valence-corrected chi connectivity index (χ4v) is 4.21. The number of rotatable bonds is 2. The van der Waals surface area contributed by atoms with Gasteiger partial charge in [-0.3, -0.25) is 0 Å². The third-order valence-electron chi connectivity index (χ3n) is 5.74. The number of hydrogen-bond donors (Lipinski definition) is 0. The van der Waals surface area contributed by atoms with Crippen molar-refractivity contribution in [1.29, 1.82) is 0 Å². The summed E-state index contributed by atoms with van der Waals surface area (Å²) in [7, 11) is 0. The molecule has 0 fully saturated rings. The second-order valence-corrected chi connectivity index (χ2v) is 7.75. The third kappa shape index (κ3) is 2.20. The molecule has 2 aliphatic carbocycles. The van der Waals surface area contributed by atoms with Gasteiger partial charge in [-0.05, 0) is 41.5 Å². The van der Waals surface area contributed by atoms with Crippen molar-refractivity contribution < 1.29 is 0 Å². The van der Waals surface area contributed by atoms with Gasteiger partial charge in [0.1, 0.15) is 0 Å². The quantitative estimate of drug-likeness (QED) is 0.632. The minimum atomic E-state index is 0.278. The molecule has 0 unspecified atom stereocenters. The van der Waals surface area contributed by atoms with Crippen LogP contribution in [0.4, 0.5) is 0 Å². The summed E-state index contributed by atoms with van der Waals surface area (Å²) >= 11 is 0. The lowest BCUT2D eigenvalue weighted by Crippen LogP contribution is -2.20. The van der Waals surface area contributed by atoms with E-state index in [1.165, 1.54) is 33.4 Å². The molecule has 0 spiro atoms. The summed E-state index contributed by atoms with van der Waals surface area (Å²) in [5.74, 6) is 1.04. The molecular formula is C23H24. The van der Waals surface area contributed by atoms with Gasteiger partial charge in [0.25, 0.3) is 0 Å². The molecule has 0 aliphatic heterocycles. The number of aryl methyl sites for hydroxylation is 2. The van der Waals surface area contributed by atoms with Crippen LogP contribution in [0.2, 0.25) is 0 Å². The molecule has 2 atom stereocenters. The van der Waals surface area contributed by atoms with Crippen LogP contribution in [0.15, 0.2) is 60.7 Å². The van der Waals surface area contributed by atoms with Gasteiger partial charge in [-0.2, -0.15) is 0 Å². The molecule has 0 amide bonds. The highest BCUT2D eigenvalue weighted by atomic mass is 14.5. The van der Waals surface area contributed by atoms with Crippen LogP contribution in [-0.4, -0.2) is 0 Å². The van der Waals surface area contributed by atoms with Crippen molar-refractivity contribution >= 4 is 11.1 Å². The molecule has 2 aromatic rings. The minimum Gasteiger partial charge on any atom is -0.0720 e. The fraction of sp³-hybridized carbons (Fsp3) is 0.304. The van der Waals surface area contributed by atoms with Crippen molar-refractivity contribution in [2.45, 2.75) is 27.7 Å². The Morgan fingerprint density at radius 2 is 0.957 bits per heavy atom. The first-order valence-electron chi connectivity index (χ1n) is 8.54. The second kappa shape index (κ2) is 4.96. The van der Waals surface area contributed by atoms with E-state index >= 15 is 0 Å². The first-order chi connectivity index (χ1) is 11.0. The Morgan fingerprint density at radius 1 is 0.609 bits per heavy atom. The summed E-state index contributed by atoms with van der Waals surface area (Å²) < 4.78 is 0. The maximum absolute atomic E-state index is 2.52. The lowest BCUT2D eigenvalue weighted by Gasteiger charge is -2.27. The zero-order chi connectivity index (χ0) is 16.2. The molecular weight excluding hydrogens is 276 g/mol.